The lowest BCUT2D eigenvalue weighted by Gasteiger charge is -2.06. The van der Waals surface area contributed by atoms with Gasteiger partial charge in [-0.25, -0.2) is 4.98 Å². The summed E-state index contributed by atoms with van der Waals surface area (Å²) in [6.07, 6.45) is 3.63. The van der Waals surface area contributed by atoms with Crippen LogP contribution in [0.4, 0.5) is 0 Å². The fourth-order valence-electron chi connectivity index (χ4n) is 1.49. The molecule has 1 aromatic heterocycles. The summed E-state index contributed by atoms with van der Waals surface area (Å²) in [6.45, 7) is 1.37. The lowest BCUT2D eigenvalue weighted by molar-refractivity contribution is 0.740. The molecule has 78 valence electrons. The second kappa shape index (κ2) is 4.76. The molecule has 1 aromatic carbocycles. The third kappa shape index (κ3) is 2.57. The average Bonchev–Trinajstić information content (AvgIpc) is 2.65. The van der Waals surface area contributed by atoms with Crippen LogP contribution in [0.5, 0.6) is 0 Å². The Balaban J connectivity index is 2.22. The Bertz CT molecular complexity index is 451. The third-order valence-electron chi connectivity index (χ3n) is 2.25. The van der Waals surface area contributed by atoms with Crippen molar-refractivity contribution in [1.82, 2.24) is 9.55 Å². The van der Waals surface area contributed by atoms with Crippen LogP contribution in [0.3, 0.4) is 0 Å². The highest BCUT2D eigenvalue weighted by molar-refractivity contribution is 14.1. The van der Waals surface area contributed by atoms with Crippen molar-refractivity contribution in [3.05, 3.63) is 51.6 Å². The molecule has 0 amide bonds. The van der Waals surface area contributed by atoms with Gasteiger partial charge < -0.3 is 10.3 Å². The van der Waals surface area contributed by atoms with Gasteiger partial charge in [0.25, 0.3) is 0 Å². The highest BCUT2D eigenvalue weighted by Gasteiger charge is 2.00. The molecule has 0 atom stereocenters. The van der Waals surface area contributed by atoms with Crippen LogP contribution in [0.25, 0.3) is 0 Å². The van der Waals surface area contributed by atoms with E-state index in [9.17, 15) is 0 Å². The maximum absolute atomic E-state index is 5.62. The predicted octanol–water partition coefficient (Wildman–Crippen LogP) is 1.99. The van der Waals surface area contributed by atoms with Gasteiger partial charge in [0, 0.05) is 22.9 Å². The van der Waals surface area contributed by atoms with Gasteiger partial charge in [-0.2, -0.15) is 0 Å². The molecule has 0 bridgehead atoms. The van der Waals surface area contributed by atoms with Gasteiger partial charge in [-0.15, -0.1) is 0 Å². The van der Waals surface area contributed by atoms with Crippen LogP contribution >= 0.6 is 22.6 Å². The quantitative estimate of drug-likeness (QED) is 0.881. The van der Waals surface area contributed by atoms with Crippen molar-refractivity contribution in [3.8, 4) is 0 Å². The van der Waals surface area contributed by atoms with Crippen molar-refractivity contribution < 1.29 is 0 Å². The summed E-state index contributed by atoms with van der Waals surface area (Å²) < 4.78 is 3.32. The van der Waals surface area contributed by atoms with E-state index in [0.717, 1.165) is 12.2 Å². The summed E-state index contributed by atoms with van der Waals surface area (Å²) in [5.41, 5.74) is 7.95. The number of hydrogen-bond acceptors (Lipinski definition) is 2. The maximum Gasteiger partial charge on any atom is 0.0951 e. The van der Waals surface area contributed by atoms with Gasteiger partial charge >= 0.3 is 0 Å². The van der Waals surface area contributed by atoms with E-state index in [-0.39, 0.29) is 0 Å². The first-order chi connectivity index (χ1) is 7.29. The van der Waals surface area contributed by atoms with Gasteiger partial charge in [0.15, 0.2) is 0 Å². The zero-order chi connectivity index (χ0) is 10.7. The number of aromatic nitrogens is 2. The zero-order valence-corrected chi connectivity index (χ0v) is 10.4. The van der Waals surface area contributed by atoms with Crippen LogP contribution < -0.4 is 5.73 Å². The molecule has 0 aliphatic rings. The number of benzene rings is 1. The first-order valence-corrected chi connectivity index (χ1v) is 5.81. The Morgan fingerprint density at radius 2 is 2.27 bits per heavy atom. The Kier molecular flexibility index (Phi) is 3.37. The number of imidazole rings is 1. The lowest BCUT2D eigenvalue weighted by atomic mass is 10.2. The van der Waals surface area contributed by atoms with E-state index < -0.39 is 0 Å². The zero-order valence-electron chi connectivity index (χ0n) is 8.23. The van der Waals surface area contributed by atoms with Gasteiger partial charge in [0.2, 0.25) is 0 Å². The minimum absolute atomic E-state index is 0.532. The summed E-state index contributed by atoms with van der Waals surface area (Å²) in [4.78, 5) is 4.09. The van der Waals surface area contributed by atoms with Gasteiger partial charge in [-0.05, 0) is 40.3 Å². The van der Waals surface area contributed by atoms with Crippen molar-refractivity contribution in [1.29, 1.82) is 0 Å². The summed E-state index contributed by atoms with van der Waals surface area (Å²) in [5.74, 6) is 0. The second-order valence-corrected chi connectivity index (χ2v) is 4.59. The van der Waals surface area contributed by atoms with Gasteiger partial charge in [0.05, 0.1) is 12.0 Å². The fraction of sp³-hybridized carbons (Fsp3) is 0.182. The van der Waals surface area contributed by atoms with Crippen LogP contribution in [0, 0.1) is 3.57 Å². The summed E-state index contributed by atoms with van der Waals surface area (Å²) >= 11 is 2.32. The molecule has 0 aliphatic heterocycles. The van der Waals surface area contributed by atoms with Crippen molar-refractivity contribution in [2.45, 2.75) is 13.1 Å². The van der Waals surface area contributed by atoms with E-state index in [2.05, 4.69) is 56.4 Å². The smallest absolute Gasteiger partial charge is 0.0951 e. The highest BCUT2D eigenvalue weighted by atomic mass is 127. The SMILES string of the molecule is NCc1cncn1Cc1cccc(I)c1. The molecule has 2 rings (SSSR count). The minimum atomic E-state index is 0.532. The van der Waals surface area contributed by atoms with Crippen molar-refractivity contribution >= 4 is 22.6 Å². The van der Waals surface area contributed by atoms with Crippen LogP contribution in [0.15, 0.2) is 36.8 Å². The molecule has 0 aliphatic carbocycles. The molecular formula is C11H12IN3. The molecule has 0 radical (unpaired) electrons. The Morgan fingerprint density at radius 1 is 1.40 bits per heavy atom. The monoisotopic (exact) mass is 313 g/mol. The molecular weight excluding hydrogens is 301 g/mol. The molecule has 2 aromatic rings. The fourth-order valence-corrected chi connectivity index (χ4v) is 2.10. The lowest BCUT2D eigenvalue weighted by Crippen LogP contribution is -2.07. The molecule has 4 heteroatoms. The summed E-state index contributed by atoms with van der Waals surface area (Å²) in [6, 6.07) is 8.43. The second-order valence-electron chi connectivity index (χ2n) is 3.35. The van der Waals surface area contributed by atoms with Gasteiger partial charge in [-0.3, -0.25) is 0 Å². The van der Waals surface area contributed by atoms with Crippen LogP contribution in [0.2, 0.25) is 0 Å². The number of hydrogen-bond donors (Lipinski definition) is 1. The minimum Gasteiger partial charge on any atom is -0.329 e. The number of halogens is 1. The molecule has 0 saturated heterocycles. The molecule has 0 saturated carbocycles. The summed E-state index contributed by atoms with van der Waals surface area (Å²) in [5, 5.41) is 0. The van der Waals surface area contributed by atoms with Gasteiger partial charge in [-0.1, -0.05) is 12.1 Å². The summed E-state index contributed by atoms with van der Waals surface area (Å²) in [7, 11) is 0. The predicted molar refractivity (Wildman–Crippen MR) is 68.4 cm³/mol. The van der Waals surface area contributed by atoms with E-state index in [0.29, 0.717) is 6.54 Å². The normalized spacial score (nSPS) is 10.5. The van der Waals surface area contributed by atoms with Crippen molar-refractivity contribution in [2.24, 2.45) is 5.73 Å². The van der Waals surface area contributed by atoms with E-state index in [4.69, 9.17) is 5.73 Å². The standard InChI is InChI=1S/C11H12IN3/c12-10-3-1-2-9(4-10)7-15-8-14-6-11(15)5-13/h1-4,6,8H,5,7,13H2. The van der Waals surface area contributed by atoms with E-state index in [1.807, 2.05) is 12.5 Å². The van der Waals surface area contributed by atoms with E-state index in [1.54, 1.807) is 0 Å². The molecule has 0 unspecified atom stereocenters. The Hall–Kier alpha value is -0.880. The van der Waals surface area contributed by atoms with Crippen LogP contribution in [0.1, 0.15) is 11.3 Å². The Labute approximate surface area is 102 Å². The molecule has 3 nitrogen and oxygen atoms in total. The van der Waals surface area contributed by atoms with Crippen LogP contribution in [-0.2, 0) is 13.1 Å². The van der Waals surface area contributed by atoms with Crippen LogP contribution in [-0.4, -0.2) is 9.55 Å². The van der Waals surface area contributed by atoms with E-state index >= 15 is 0 Å². The largest absolute Gasteiger partial charge is 0.329 e. The van der Waals surface area contributed by atoms with Crippen molar-refractivity contribution in [2.75, 3.05) is 0 Å². The molecule has 0 spiro atoms. The first-order valence-electron chi connectivity index (χ1n) is 4.73. The topological polar surface area (TPSA) is 43.8 Å². The maximum atomic E-state index is 5.62. The number of rotatable bonds is 3. The average molecular weight is 313 g/mol. The van der Waals surface area contributed by atoms with E-state index in [1.165, 1.54) is 9.13 Å². The highest BCUT2D eigenvalue weighted by Crippen LogP contribution is 2.10. The molecule has 1 heterocycles. The Morgan fingerprint density at radius 3 is 3.00 bits per heavy atom. The van der Waals surface area contributed by atoms with Crippen molar-refractivity contribution in [3.63, 3.8) is 0 Å². The molecule has 2 N–H and O–H groups in total. The molecule has 0 fully saturated rings. The van der Waals surface area contributed by atoms with Gasteiger partial charge in [0.1, 0.15) is 0 Å². The third-order valence-corrected chi connectivity index (χ3v) is 2.92. The first kappa shape index (κ1) is 10.6. The number of nitrogens with zero attached hydrogens (tertiary/aromatic N) is 2. The molecule has 15 heavy (non-hydrogen) atoms. The number of nitrogens with two attached hydrogens (primary N) is 1.